The van der Waals surface area contributed by atoms with E-state index in [1.807, 2.05) is 18.3 Å². The maximum Gasteiger partial charge on any atom is 0.251 e. The molecule has 3 aromatic rings. The van der Waals surface area contributed by atoms with Crippen LogP contribution in [-0.2, 0) is 9.53 Å². The van der Waals surface area contributed by atoms with Crippen molar-refractivity contribution in [1.82, 2.24) is 24.8 Å². The van der Waals surface area contributed by atoms with Crippen LogP contribution in [0.4, 0.5) is 17.5 Å². The van der Waals surface area contributed by atoms with Gasteiger partial charge in [-0.15, -0.1) is 0 Å². The molecular weight excluding hydrogens is 576 g/mol. The fourth-order valence-electron chi connectivity index (χ4n) is 5.87. The van der Waals surface area contributed by atoms with Crippen molar-refractivity contribution in [2.45, 2.75) is 38.0 Å². The van der Waals surface area contributed by atoms with Crippen molar-refractivity contribution in [3.05, 3.63) is 48.3 Å². The summed E-state index contributed by atoms with van der Waals surface area (Å²) in [6.45, 7) is 7.87. The van der Waals surface area contributed by atoms with E-state index in [0.717, 1.165) is 56.4 Å². The normalized spacial score (nSPS) is 18.5. The molecule has 13 nitrogen and oxygen atoms in total. The average Bonchev–Trinajstić information content (AvgIpc) is 3.04. The van der Waals surface area contributed by atoms with Gasteiger partial charge in [0.1, 0.15) is 35.6 Å². The van der Waals surface area contributed by atoms with Gasteiger partial charge < -0.3 is 34.4 Å². The zero-order valence-corrected chi connectivity index (χ0v) is 25.6. The minimum Gasteiger partial charge on any atom is -0.494 e. The molecule has 1 amide bonds. The Balaban J connectivity index is 1.10. The number of rotatable bonds is 9. The fourth-order valence-corrected chi connectivity index (χ4v) is 5.87. The Morgan fingerprint density at radius 2 is 1.87 bits per heavy atom. The highest BCUT2D eigenvalue weighted by atomic mass is 16.5. The quantitative estimate of drug-likeness (QED) is 0.365. The zero-order chi connectivity index (χ0) is 31.3. The highest BCUT2D eigenvalue weighted by molar-refractivity contribution is 5.80. The lowest BCUT2D eigenvalue weighted by molar-refractivity contribution is -0.141. The van der Waals surface area contributed by atoms with E-state index in [0.29, 0.717) is 60.7 Å². The van der Waals surface area contributed by atoms with Crippen molar-refractivity contribution < 1.29 is 24.1 Å². The van der Waals surface area contributed by atoms with Crippen LogP contribution in [0.3, 0.4) is 0 Å². The second-order valence-corrected chi connectivity index (χ2v) is 11.5. The maximum absolute atomic E-state index is 12.1. The van der Waals surface area contributed by atoms with Crippen molar-refractivity contribution in [2.24, 2.45) is 0 Å². The zero-order valence-electron chi connectivity index (χ0n) is 25.6. The number of carbonyl (C=O) groups excluding carboxylic acids is 1. The molecule has 236 valence electrons. The Morgan fingerprint density at radius 3 is 2.53 bits per heavy atom. The Bertz CT molecular complexity index is 1540. The number of methoxy groups -OCH3 is 1. The van der Waals surface area contributed by atoms with Crippen molar-refractivity contribution in [1.29, 1.82) is 5.26 Å². The van der Waals surface area contributed by atoms with Gasteiger partial charge in [0, 0.05) is 69.9 Å². The van der Waals surface area contributed by atoms with Gasteiger partial charge in [0.05, 0.1) is 49.5 Å². The number of aromatic nitrogens is 3. The van der Waals surface area contributed by atoms with E-state index in [2.05, 4.69) is 36.1 Å². The monoisotopic (exact) mass is 614 g/mol. The summed E-state index contributed by atoms with van der Waals surface area (Å²) in [5.41, 5.74) is 2.73. The molecule has 3 fully saturated rings. The number of benzene rings is 1. The summed E-state index contributed by atoms with van der Waals surface area (Å²) in [6.07, 6.45) is 3.58. The van der Waals surface area contributed by atoms with Crippen LogP contribution in [-0.4, -0.2) is 114 Å². The van der Waals surface area contributed by atoms with Gasteiger partial charge >= 0.3 is 0 Å². The lowest BCUT2D eigenvalue weighted by Gasteiger charge is -2.43. The molecule has 0 radical (unpaired) electrons. The molecule has 2 N–H and O–H groups in total. The molecule has 0 bridgehead atoms. The van der Waals surface area contributed by atoms with E-state index in [1.165, 1.54) is 6.92 Å². The van der Waals surface area contributed by atoms with Crippen LogP contribution in [0.2, 0.25) is 0 Å². The van der Waals surface area contributed by atoms with Crippen LogP contribution in [0.5, 0.6) is 11.5 Å². The third-order valence-electron chi connectivity index (χ3n) is 8.55. The molecule has 6 rings (SSSR count). The van der Waals surface area contributed by atoms with Crippen molar-refractivity contribution in [2.75, 3.05) is 69.8 Å². The number of carbonyl (C=O) groups is 1. The van der Waals surface area contributed by atoms with E-state index in [4.69, 9.17) is 14.2 Å². The topological polar surface area (TPSA) is 149 Å². The van der Waals surface area contributed by atoms with Gasteiger partial charge in [0.2, 0.25) is 5.95 Å². The number of nitriles is 1. The SMILES string of the molecule is COc1cc(Nc2nccc(-c3ccc(OC4CCN(C(=O)[C@@H](C)O)CC4)c(C#N)c3)n2)ncc1N1CCN(C2COC2)CC1. The van der Waals surface area contributed by atoms with Crippen LogP contribution in [0.1, 0.15) is 25.3 Å². The van der Waals surface area contributed by atoms with Crippen LogP contribution in [0.25, 0.3) is 11.3 Å². The molecule has 3 aliphatic heterocycles. The molecular formula is C32H38N8O5. The van der Waals surface area contributed by atoms with Gasteiger partial charge in [-0.1, -0.05) is 0 Å². The van der Waals surface area contributed by atoms with E-state index >= 15 is 0 Å². The Hall–Kier alpha value is -4.51. The number of likely N-dealkylation sites (tertiary alicyclic amines) is 1. The van der Waals surface area contributed by atoms with Gasteiger partial charge in [0.15, 0.2) is 0 Å². The highest BCUT2D eigenvalue weighted by Crippen LogP contribution is 2.32. The number of piperidine rings is 1. The van der Waals surface area contributed by atoms with Crippen LogP contribution in [0.15, 0.2) is 42.7 Å². The summed E-state index contributed by atoms with van der Waals surface area (Å²) in [7, 11) is 1.66. The predicted octanol–water partition coefficient (Wildman–Crippen LogP) is 2.43. The summed E-state index contributed by atoms with van der Waals surface area (Å²) >= 11 is 0. The third kappa shape index (κ3) is 6.93. The van der Waals surface area contributed by atoms with E-state index in [-0.39, 0.29) is 12.0 Å². The first kappa shape index (κ1) is 30.5. The Morgan fingerprint density at radius 1 is 1.09 bits per heavy atom. The van der Waals surface area contributed by atoms with Crippen LogP contribution in [0, 0.1) is 11.3 Å². The number of nitrogens with one attached hydrogen (secondary N) is 1. The number of anilines is 3. The summed E-state index contributed by atoms with van der Waals surface area (Å²) in [5.74, 6) is 1.86. The smallest absolute Gasteiger partial charge is 0.251 e. The first-order valence-electron chi connectivity index (χ1n) is 15.3. The number of pyridine rings is 1. The first-order chi connectivity index (χ1) is 21.9. The molecule has 3 saturated heterocycles. The summed E-state index contributed by atoms with van der Waals surface area (Å²) in [5, 5.41) is 22.6. The minimum atomic E-state index is -1.01. The summed E-state index contributed by atoms with van der Waals surface area (Å²) < 4.78 is 17.2. The molecule has 1 atom stereocenters. The molecule has 0 aliphatic carbocycles. The number of nitrogens with zero attached hydrogens (tertiary/aromatic N) is 7. The lowest BCUT2D eigenvalue weighted by Crippen LogP contribution is -2.56. The molecule has 13 heteroatoms. The second kappa shape index (κ2) is 13.6. The lowest BCUT2D eigenvalue weighted by atomic mass is 10.1. The molecule has 0 spiro atoms. The Kier molecular flexibility index (Phi) is 9.25. The van der Waals surface area contributed by atoms with Gasteiger partial charge in [-0.05, 0) is 31.2 Å². The summed E-state index contributed by atoms with van der Waals surface area (Å²) in [6, 6.07) is 11.8. The van der Waals surface area contributed by atoms with Crippen molar-refractivity contribution >= 4 is 23.4 Å². The van der Waals surface area contributed by atoms with Crippen molar-refractivity contribution in [3.8, 4) is 28.8 Å². The van der Waals surface area contributed by atoms with Crippen molar-refractivity contribution in [3.63, 3.8) is 0 Å². The molecule has 2 aromatic heterocycles. The van der Waals surface area contributed by atoms with Gasteiger partial charge in [-0.25, -0.2) is 15.0 Å². The Labute approximate surface area is 262 Å². The maximum atomic E-state index is 12.1. The number of aliphatic hydroxyl groups is 1. The van der Waals surface area contributed by atoms with E-state index in [1.54, 1.807) is 36.4 Å². The standard InChI is InChI=1S/C32H38N8O5/c1-21(41)31(42)40-9-6-25(7-10-40)45-28-4-3-22(15-23(28)17-33)26-5-8-34-32(36-26)37-30-16-29(43-2)27(18-35-30)39-13-11-38(12-14-39)24-19-44-20-24/h3-5,8,15-16,18,21,24-25,41H,6-7,9-14,19-20H2,1-2H3,(H,34,35,36,37)/t21-/m1/s1. The molecule has 0 saturated carbocycles. The van der Waals surface area contributed by atoms with Crippen LogP contribution >= 0.6 is 0 Å². The number of amides is 1. The minimum absolute atomic E-state index is 0.126. The number of aliphatic hydroxyl groups excluding tert-OH is 1. The molecule has 5 heterocycles. The fraction of sp³-hybridized carbons (Fsp3) is 0.469. The molecule has 1 aromatic carbocycles. The highest BCUT2D eigenvalue weighted by Gasteiger charge is 2.30. The first-order valence-corrected chi connectivity index (χ1v) is 15.3. The average molecular weight is 615 g/mol. The van der Waals surface area contributed by atoms with Gasteiger partial charge in [-0.3, -0.25) is 9.69 Å². The summed E-state index contributed by atoms with van der Waals surface area (Å²) in [4.78, 5) is 32.1. The van der Waals surface area contributed by atoms with Gasteiger partial charge in [-0.2, -0.15) is 5.26 Å². The number of ether oxygens (including phenoxy) is 3. The predicted molar refractivity (Wildman–Crippen MR) is 167 cm³/mol. The van der Waals surface area contributed by atoms with Crippen LogP contribution < -0.4 is 19.7 Å². The second-order valence-electron chi connectivity index (χ2n) is 11.5. The van der Waals surface area contributed by atoms with E-state index < -0.39 is 6.10 Å². The molecule has 3 aliphatic rings. The molecule has 45 heavy (non-hydrogen) atoms. The largest absolute Gasteiger partial charge is 0.494 e. The third-order valence-corrected chi connectivity index (χ3v) is 8.55. The van der Waals surface area contributed by atoms with E-state index in [9.17, 15) is 15.2 Å². The molecule has 0 unspecified atom stereocenters. The number of hydrogen-bond acceptors (Lipinski definition) is 12. The van der Waals surface area contributed by atoms with Gasteiger partial charge in [0.25, 0.3) is 5.91 Å². The number of piperazine rings is 1. The number of hydrogen-bond donors (Lipinski definition) is 2.